The van der Waals surface area contributed by atoms with Crippen LogP contribution in [0.5, 0.6) is 0 Å². The minimum atomic E-state index is 0.620. The number of nitrogens with zero attached hydrogens (tertiary/aromatic N) is 3. The first-order chi connectivity index (χ1) is 9.72. The fraction of sp³-hybridized carbons (Fsp3) is 0.438. The summed E-state index contributed by atoms with van der Waals surface area (Å²) in [4.78, 5) is 2.39. The van der Waals surface area contributed by atoms with Crippen molar-refractivity contribution in [2.24, 2.45) is 7.05 Å². The summed E-state index contributed by atoms with van der Waals surface area (Å²) in [6, 6.07) is 8.68. The molecule has 106 valence electrons. The molecule has 20 heavy (non-hydrogen) atoms. The summed E-state index contributed by atoms with van der Waals surface area (Å²) in [6.45, 7) is 3.12. The molecule has 0 saturated heterocycles. The number of benzene rings is 1. The zero-order valence-corrected chi connectivity index (χ0v) is 12.2. The number of para-hydroxylation sites is 1. The van der Waals surface area contributed by atoms with Gasteiger partial charge in [-0.15, -0.1) is 0 Å². The number of nitrogens with one attached hydrogen (secondary N) is 1. The number of fused-ring (bicyclic) bond motifs is 1. The fourth-order valence-electron chi connectivity index (χ4n) is 3.05. The maximum Gasteiger partial charge on any atom is 0.0534 e. The molecule has 1 unspecified atom stereocenters. The van der Waals surface area contributed by atoms with Crippen molar-refractivity contribution in [3.63, 3.8) is 0 Å². The Morgan fingerprint density at radius 1 is 1.40 bits per heavy atom. The van der Waals surface area contributed by atoms with Crippen LogP contribution >= 0.6 is 0 Å². The number of rotatable bonds is 4. The van der Waals surface area contributed by atoms with E-state index < -0.39 is 0 Å². The number of anilines is 1. The molecule has 2 aromatic rings. The number of aromatic nitrogens is 2. The molecule has 3 rings (SSSR count). The van der Waals surface area contributed by atoms with Crippen molar-refractivity contribution in [3.05, 3.63) is 47.8 Å². The van der Waals surface area contributed by atoms with Crippen molar-refractivity contribution in [3.8, 4) is 0 Å². The van der Waals surface area contributed by atoms with Crippen LogP contribution in [-0.2, 0) is 13.6 Å². The maximum absolute atomic E-state index is 4.23. The highest BCUT2D eigenvalue weighted by Gasteiger charge is 2.20. The van der Waals surface area contributed by atoms with E-state index in [-0.39, 0.29) is 0 Å². The molecule has 4 nitrogen and oxygen atoms in total. The van der Waals surface area contributed by atoms with Gasteiger partial charge in [0, 0.05) is 50.0 Å². The Hall–Kier alpha value is -1.81. The Labute approximate surface area is 120 Å². The van der Waals surface area contributed by atoms with Gasteiger partial charge in [0.05, 0.1) is 6.20 Å². The van der Waals surface area contributed by atoms with E-state index >= 15 is 0 Å². The van der Waals surface area contributed by atoms with E-state index in [1.54, 1.807) is 0 Å². The van der Waals surface area contributed by atoms with Gasteiger partial charge in [-0.05, 0) is 25.1 Å². The second kappa shape index (κ2) is 5.67. The summed E-state index contributed by atoms with van der Waals surface area (Å²) in [5, 5.41) is 7.72. The molecule has 1 aromatic heterocycles. The van der Waals surface area contributed by atoms with Crippen LogP contribution in [0.4, 0.5) is 5.69 Å². The van der Waals surface area contributed by atoms with E-state index in [4.69, 9.17) is 0 Å². The molecule has 0 aliphatic carbocycles. The normalized spacial score (nSPS) is 17.9. The van der Waals surface area contributed by atoms with Gasteiger partial charge in [-0.1, -0.05) is 18.2 Å². The molecule has 1 aliphatic heterocycles. The molecule has 0 saturated carbocycles. The molecular weight excluding hydrogens is 248 g/mol. The van der Waals surface area contributed by atoms with Crippen LogP contribution in [0.3, 0.4) is 0 Å². The number of aryl methyl sites for hydroxylation is 1. The molecule has 0 radical (unpaired) electrons. The largest absolute Gasteiger partial charge is 0.385 e. The predicted octanol–water partition coefficient (Wildman–Crippen LogP) is 2.45. The zero-order valence-electron chi connectivity index (χ0n) is 12.2. The maximum atomic E-state index is 4.23. The van der Waals surface area contributed by atoms with Crippen LogP contribution in [0.25, 0.3) is 0 Å². The number of hydrogen-bond acceptors (Lipinski definition) is 3. The molecule has 1 N–H and O–H groups in total. The summed E-state index contributed by atoms with van der Waals surface area (Å²) in [5.74, 6) is 0.620. The van der Waals surface area contributed by atoms with Crippen LogP contribution in [-0.4, -0.2) is 34.8 Å². The Morgan fingerprint density at radius 2 is 2.25 bits per heavy atom. The first-order valence-electron chi connectivity index (χ1n) is 7.21. The van der Waals surface area contributed by atoms with Crippen molar-refractivity contribution < 1.29 is 0 Å². The van der Waals surface area contributed by atoms with Gasteiger partial charge in [0.25, 0.3) is 0 Å². The molecule has 0 fully saturated rings. The lowest BCUT2D eigenvalue weighted by Gasteiger charge is -2.30. The standard InChI is InChI=1S/C16H22N4/c1-19(10-13-9-18-20(2)11-13)12-14-7-8-17-16-6-4-3-5-15(14)16/h3-6,9,11,14,17H,7-8,10,12H2,1-2H3. The van der Waals surface area contributed by atoms with Crippen LogP contribution in [0.2, 0.25) is 0 Å². The lowest BCUT2D eigenvalue weighted by atomic mass is 9.90. The molecular formula is C16H22N4. The highest BCUT2D eigenvalue weighted by atomic mass is 15.2. The van der Waals surface area contributed by atoms with Crippen molar-refractivity contribution >= 4 is 5.69 Å². The monoisotopic (exact) mass is 270 g/mol. The molecule has 4 heteroatoms. The van der Waals surface area contributed by atoms with Gasteiger partial charge in [-0.25, -0.2) is 0 Å². The zero-order chi connectivity index (χ0) is 13.9. The Morgan fingerprint density at radius 3 is 3.05 bits per heavy atom. The van der Waals surface area contributed by atoms with Gasteiger partial charge >= 0.3 is 0 Å². The minimum absolute atomic E-state index is 0.620. The highest BCUT2D eigenvalue weighted by Crippen LogP contribution is 2.31. The summed E-state index contributed by atoms with van der Waals surface area (Å²) in [7, 11) is 4.16. The number of hydrogen-bond donors (Lipinski definition) is 1. The van der Waals surface area contributed by atoms with E-state index in [0.29, 0.717) is 5.92 Å². The number of likely N-dealkylation sites (N-methyl/N-ethyl adjacent to an activating group) is 1. The third-order valence-electron chi connectivity index (χ3n) is 3.95. The van der Waals surface area contributed by atoms with Crippen LogP contribution < -0.4 is 5.32 Å². The molecule has 0 amide bonds. The molecule has 1 atom stereocenters. The Kier molecular flexibility index (Phi) is 3.74. The summed E-state index contributed by atoms with van der Waals surface area (Å²) < 4.78 is 1.86. The lowest BCUT2D eigenvalue weighted by molar-refractivity contribution is 0.297. The first-order valence-corrected chi connectivity index (χ1v) is 7.21. The van der Waals surface area contributed by atoms with Crippen LogP contribution in [0.1, 0.15) is 23.5 Å². The van der Waals surface area contributed by atoms with Crippen molar-refractivity contribution in [1.29, 1.82) is 0 Å². The van der Waals surface area contributed by atoms with Gasteiger partial charge in [0.15, 0.2) is 0 Å². The average molecular weight is 270 g/mol. The van der Waals surface area contributed by atoms with E-state index in [2.05, 4.69) is 52.8 Å². The average Bonchev–Trinajstić information content (AvgIpc) is 2.84. The van der Waals surface area contributed by atoms with E-state index in [0.717, 1.165) is 19.6 Å². The molecule has 2 heterocycles. The quantitative estimate of drug-likeness (QED) is 0.926. The fourth-order valence-corrected chi connectivity index (χ4v) is 3.05. The Bertz CT molecular complexity index is 575. The van der Waals surface area contributed by atoms with Gasteiger partial charge in [-0.2, -0.15) is 5.10 Å². The second-order valence-corrected chi connectivity index (χ2v) is 5.72. The van der Waals surface area contributed by atoms with Gasteiger partial charge in [0.1, 0.15) is 0 Å². The molecule has 1 aromatic carbocycles. The SMILES string of the molecule is CN(Cc1cnn(C)c1)CC1CCNc2ccccc21. The van der Waals surface area contributed by atoms with Crippen LogP contribution in [0.15, 0.2) is 36.7 Å². The second-order valence-electron chi connectivity index (χ2n) is 5.72. The smallest absolute Gasteiger partial charge is 0.0534 e. The van der Waals surface area contributed by atoms with Crippen LogP contribution in [0, 0.1) is 0 Å². The third kappa shape index (κ3) is 2.85. The van der Waals surface area contributed by atoms with Gasteiger partial charge in [-0.3, -0.25) is 4.68 Å². The van der Waals surface area contributed by atoms with E-state index in [9.17, 15) is 0 Å². The Balaban J connectivity index is 1.66. The summed E-state index contributed by atoms with van der Waals surface area (Å²) in [6.07, 6.45) is 5.24. The van der Waals surface area contributed by atoms with Crippen molar-refractivity contribution in [2.45, 2.75) is 18.9 Å². The first kappa shape index (κ1) is 13.2. The molecule has 0 spiro atoms. The van der Waals surface area contributed by atoms with Crippen molar-refractivity contribution in [1.82, 2.24) is 14.7 Å². The van der Waals surface area contributed by atoms with E-state index in [1.807, 2.05) is 17.9 Å². The molecule has 0 bridgehead atoms. The van der Waals surface area contributed by atoms with Gasteiger partial charge in [0.2, 0.25) is 0 Å². The molecule has 1 aliphatic rings. The third-order valence-corrected chi connectivity index (χ3v) is 3.95. The predicted molar refractivity (Wildman–Crippen MR) is 81.8 cm³/mol. The van der Waals surface area contributed by atoms with Gasteiger partial charge < -0.3 is 10.2 Å². The summed E-state index contributed by atoms with van der Waals surface area (Å²) >= 11 is 0. The lowest BCUT2D eigenvalue weighted by Crippen LogP contribution is -2.28. The summed E-state index contributed by atoms with van der Waals surface area (Å²) in [5.41, 5.74) is 4.03. The topological polar surface area (TPSA) is 33.1 Å². The minimum Gasteiger partial charge on any atom is -0.385 e. The van der Waals surface area contributed by atoms with Crippen molar-refractivity contribution in [2.75, 3.05) is 25.5 Å². The highest BCUT2D eigenvalue weighted by molar-refractivity contribution is 5.54. The van der Waals surface area contributed by atoms with E-state index in [1.165, 1.54) is 23.2 Å².